The van der Waals surface area contributed by atoms with Gasteiger partial charge in [0, 0.05) is 11.8 Å². The number of amides is 1. The molecule has 4 rings (SSSR count). The zero-order chi connectivity index (χ0) is 21.3. The average Bonchev–Trinajstić information content (AvgIpc) is 3.36. The Hall–Kier alpha value is -3.47. The van der Waals surface area contributed by atoms with Crippen LogP contribution in [0, 0.1) is 11.6 Å². The molecule has 0 spiro atoms. The lowest BCUT2D eigenvalue weighted by Crippen LogP contribution is -2.29. The Labute approximate surface area is 175 Å². The molecule has 153 valence electrons. The number of benzene rings is 1. The van der Waals surface area contributed by atoms with Crippen molar-refractivity contribution < 1.29 is 18.3 Å². The minimum atomic E-state index is -0.823. The van der Waals surface area contributed by atoms with Crippen LogP contribution in [0.5, 0.6) is 0 Å². The number of halogens is 2. The fourth-order valence-electron chi connectivity index (χ4n) is 3.05. The Kier molecular flexibility index (Phi) is 5.36. The SMILES string of the molecule is CC(=S)[N]C[C@H]1CN(c2cc(F)c(-c3ccc(-n4cncn4)nc3)c(F)c2)C(=O)O1. The summed E-state index contributed by atoms with van der Waals surface area (Å²) in [7, 11) is 0. The molecule has 0 bridgehead atoms. The van der Waals surface area contributed by atoms with Gasteiger partial charge in [0.2, 0.25) is 0 Å². The standard InChI is InChI=1S/C19H15F2N6O2S/c1-11(30)23-7-14-8-26(19(28)29-14)13-4-15(20)18(16(21)5-13)12-2-3-17(24-6-12)27-10-22-9-25-27/h2-6,9-10,14H,7-8H2,1H3/t14-/m0/s1. The number of hydrogen-bond donors (Lipinski definition) is 0. The summed E-state index contributed by atoms with van der Waals surface area (Å²) in [5.74, 6) is -1.19. The summed E-state index contributed by atoms with van der Waals surface area (Å²) in [6.45, 7) is 1.97. The molecule has 3 aromatic rings. The summed E-state index contributed by atoms with van der Waals surface area (Å²) in [5.41, 5.74) is 0.0666. The molecule has 1 saturated heterocycles. The number of cyclic esters (lactones) is 1. The second kappa shape index (κ2) is 8.11. The number of pyridine rings is 1. The van der Waals surface area contributed by atoms with Gasteiger partial charge in [0.25, 0.3) is 0 Å². The molecule has 1 aromatic carbocycles. The minimum Gasteiger partial charge on any atom is -0.442 e. The van der Waals surface area contributed by atoms with Crippen molar-refractivity contribution >= 4 is 29.0 Å². The topological polar surface area (TPSA) is 87.2 Å². The Morgan fingerprint density at radius 3 is 2.70 bits per heavy atom. The maximum absolute atomic E-state index is 14.8. The fraction of sp³-hybridized carbons (Fsp3) is 0.211. The first-order valence-electron chi connectivity index (χ1n) is 8.89. The van der Waals surface area contributed by atoms with Crippen LogP contribution in [0.1, 0.15) is 6.92 Å². The van der Waals surface area contributed by atoms with Crippen LogP contribution in [0.4, 0.5) is 19.3 Å². The van der Waals surface area contributed by atoms with Gasteiger partial charge < -0.3 is 4.74 Å². The van der Waals surface area contributed by atoms with Crippen LogP contribution in [0.25, 0.3) is 16.9 Å². The number of carbonyl (C=O) groups is 1. The van der Waals surface area contributed by atoms with E-state index in [0.717, 1.165) is 12.1 Å². The highest BCUT2D eigenvalue weighted by Gasteiger charge is 2.33. The Morgan fingerprint density at radius 2 is 2.10 bits per heavy atom. The number of anilines is 1. The van der Waals surface area contributed by atoms with E-state index < -0.39 is 23.8 Å². The lowest BCUT2D eigenvalue weighted by atomic mass is 10.1. The third-order valence-corrected chi connectivity index (χ3v) is 4.55. The van der Waals surface area contributed by atoms with Gasteiger partial charge in [-0.2, -0.15) is 5.10 Å². The van der Waals surface area contributed by atoms with Crippen LogP contribution in [-0.4, -0.2) is 50.0 Å². The molecule has 1 aliphatic rings. The molecule has 0 unspecified atom stereocenters. The van der Waals surface area contributed by atoms with Crippen molar-refractivity contribution in [3.05, 3.63) is 54.8 Å². The molecule has 1 aliphatic heterocycles. The molecule has 3 heterocycles. The largest absolute Gasteiger partial charge is 0.442 e. The van der Waals surface area contributed by atoms with Crippen LogP contribution in [0.15, 0.2) is 43.1 Å². The number of nitrogens with zero attached hydrogens (tertiary/aromatic N) is 6. The summed E-state index contributed by atoms with van der Waals surface area (Å²) < 4.78 is 36.2. The molecule has 1 atom stereocenters. The fourth-order valence-corrected chi connectivity index (χ4v) is 3.12. The average molecular weight is 429 g/mol. The number of ether oxygens (including phenoxy) is 1. The number of carbonyl (C=O) groups excluding carboxylic acids is 1. The lowest BCUT2D eigenvalue weighted by Gasteiger charge is -2.15. The van der Waals surface area contributed by atoms with Gasteiger partial charge >= 0.3 is 6.09 Å². The van der Waals surface area contributed by atoms with Crippen molar-refractivity contribution in [1.82, 2.24) is 25.1 Å². The third-order valence-electron chi connectivity index (χ3n) is 4.42. The molecule has 1 amide bonds. The van der Waals surface area contributed by atoms with Crippen LogP contribution >= 0.6 is 12.2 Å². The van der Waals surface area contributed by atoms with Gasteiger partial charge in [-0.1, -0.05) is 12.2 Å². The molecular formula is C19H15F2N6O2S. The molecule has 1 fully saturated rings. The molecule has 0 N–H and O–H groups in total. The third kappa shape index (κ3) is 3.96. The van der Waals surface area contributed by atoms with E-state index in [0.29, 0.717) is 10.8 Å². The van der Waals surface area contributed by atoms with Crippen LogP contribution in [0.3, 0.4) is 0 Å². The molecule has 8 nitrogen and oxygen atoms in total. The maximum atomic E-state index is 14.8. The first-order chi connectivity index (χ1) is 14.4. The lowest BCUT2D eigenvalue weighted by molar-refractivity contribution is 0.142. The highest BCUT2D eigenvalue weighted by atomic mass is 32.1. The van der Waals surface area contributed by atoms with Crippen molar-refractivity contribution in [3.8, 4) is 16.9 Å². The second-order valence-electron chi connectivity index (χ2n) is 6.51. The van der Waals surface area contributed by atoms with Crippen molar-refractivity contribution in [2.24, 2.45) is 0 Å². The molecule has 0 aliphatic carbocycles. The van der Waals surface area contributed by atoms with E-state index >= 15 is 0 Å². The van der Waals surface area contributed by atoms with E-state index in [1.54, 1.807) is 13.0 Å². The molecule has 1 radical (unpaired) electrons. The van der Waals surface area contributed by atoms with Crippen molar-refractivity contribution in [2.45, 2.75) is 13.0 Å². The Balaban J connectivity index is 1.57. The number of aromatic nitrogens is 4. The summed E-state index contributed by atoms with van der Waals surface area (Å²) in [6, 6.07) is 5.28. The predicted molar refractivity (Wildman–Crippen MR) is 107 cm³/mol. The number of hydrogen-bond acceptors (Lipinski definition) is 6. The van der Waals surface area contributed by atoms with Crippen LogP contribution in [-0.2, 0) is 4.74 Å². The van der Waals surface area contributed by atoms with Crippen LogP contribution < -0.4 is 10.2 Å². The minimum absolute atomic E-state index is 0.0625. The molecule has 11 heteroatoms. The van der Waals surface area contributed by atoms with Crippen molar-refractivity contribution in [3.63, 3.8) is 0 Å². The zero-order valence-electron chi connectivity index (χ0n) is 15.7. The van der Waals surface area contributed by atoms with Crippen molar-refractivity contribution in [1.29, 1.82) is 0 Å². The summed E-state index contributed by atoms with van der Waals surface area (Å²) in [5, 5.41) is 7.99. The van der Waals surface area contributed by atoms with Gasteiger partial charge in [0.1, 0.15) is 30.4 Å². The predicted octanol–water partition coefficient (Wildman–Crippen LogP) is 2.88. The normalized spacial score (nSPS) is 15.9. The van der Waals surface area contributed by atoms with Crippen LogP contribution in [0.2, 0.25) is 0 Å². The van der Waals surface area contributed by atoms with Gasteiger partial charge in [0.05, 0.1) is 29.3 Å². The maximum Gasteiger partial charge on any atom is 0.414 e. The highest BCUT2D eigenvalue weighted by Crippen LogP contribution is 2.31. The summed E-state index contributed by atoms with van der Waals surface area (Å²) in [4.78, 5) is 21.7. The van der Waals surface area contributed by atoms with Gasteiger partial charge in [-0.15, -0.1) is 0 Å². The van der Waals surface area contributed by atoms with Gasteiger partial charge in [0.15, 0.2) is 5.82 Å². The molecule has 2 aromatic heterocycles. The highest BCUT2D eigenvalue weighted by molar-refractivity contribution is 7.80. The quantitative estimate of drug-likeness (QED) is 0.580. The first kappa shape index (κ1) is 19.8. The number of thiocarbonyl (C=S) groups is 1. The molecular weight excluding hydrogens is 414 g/mol. The zero-order valence-corrected chi connectivity index (χ0v) is 16.5. The second-order valence-corrected chi connectivity index (χ2v) is 7.10. The number of rotatable bonds is 5. The van der Waals surface area contributed by atoms with E-state index in [-0.39, 0.29) is 29.9 Å². The Bertz CT molecular complexity index is 1070. The summed E-state index contributed by atoms with van der Waals surface area (Å²) >= 11 is 4.88. The first-order valence-corrected chi connectivity index (χ1v) is 9.30. The monoisotopic (exact) mass is 429 g/mol. The van der Waals surface area contributed by atoms with E-state index in [4.69, 9.17) is 17.0 Å². The van der Waals surface area contributed by atoms with E-state index in [9.17, 15) is 13.6 Å². The van der Waals surface area contributed by atoms with E-state index in [1.807, 2.05) is 0 Å². The van der Waals surface area contributed by atoms with Crippen molar-refractivity contribution in [2.75, 3.05) is 18.0 Å². The van der Waals surface area contributed by atoms with E-state index in [1.165, 1.54) is 34.5 Å². The Morgan fingerprint density at radius 1 is 1.33 bits per heavy atom. The van der Waals surface area contributed by atoms with Gasteiger partial charge in [-0.25, -0.2) is 28.2 Å². The smallest absolute Gasteiger partial charge is 0.414 e. The molecule has 0 saturated carbocycles. The molecule has 30 heavy (non-hydrogen) atoms. The summed E-state index contributed by atoms with van der Waals surface area (Å²) in [6.07, 6.45) is 2.93. The van der Waals surface area contributed by atoms with Gasteiger partial charge in [-0.3, -0.25) is 10.2 Å². The van der Waals surface area contributed by atoms with Gasteiger partial charge in [-0.05, 0) is 31.2 Å². The van der Waals surface area contributed by atoms with E-state index in [2.05, 4.69) is 20.4 Å².